The smallest absolute Gasteiger partial charge is 1.00 e. The second-order valence-corrected chi connectivity index (χ2v) is 18.7. The van der Waals surface area contributed by atoms with E-state index in [1.54, 1.807) is 25.5 Å². The Morgan fingerprint density at radius 2 is 0.950 bits per heavy atom. The van der Waals surface area contributed by atoms with Crippen LogP contribution in [0.3, 0.4) is 0 Å². The molecule has 0 spiro atoms. The first-order valence-electron chi connectivity index (χ1n) is 13.9. The van der Waals surface area contributed by atoms with E-state index in [9.17, 15) is 0 Å². The van der Waals surface area contributed by atoms with Crippen LogP contribution in [-0.4, -0.2) is 3.21 Å². The number of hydrogen-bond donors (Lipinski definition) is 0. The van der Waals surface area contributed by atoms with Crippen molar-refractivity contribution in [1.29, 1.82) is 0 Å². The fraction of sp³-hybridized carbons (Fsp3) is 0.216. The maximum absolute atomic E-state index is 2.54. The summed E-state index contributed by atoms with van der Waals surface area (Å²) in [7, 11) is 0. The largest absolute Gasteiger partial charge is 1.00 e. The van der Waals surface area contributed by atoms with Crippen LogP contribution in [-0.2, 0) is 21.3 Å². The maximum atomic E-state index is 2.54. The molecule has 0 N–H and O–H groups in total. The van der Waals surface area contributed by atoms with Crippen molar-refractivity contribution in [3.8, 4) is 0 Å². The Morgan fingerprint density at radius 1 is 0.550 bits per heavy atom. The molecule has 3 heteroatoms. The zero-order chi connectivity index (χ0) is 26.2. The molecule has 40 heavy (non-hydrogen) atoms. The van der Waals surface area contributed by atoms with E-state index >= 15 is 0 Å². The predicted molar refractivity (Wildman–Crippen MR) is 160 cm³/mol. The minimum Gasteiger partial charge on any atom is -1.00 e. The van der Waals surface area contributed by atoms with Crippen molar-refractivity contribution < 1.29 is 46.1 Å². The molecule has 0 saturated carbocycles. The van der Waals surface area contributed by atoms with E-state index in [-0.39, 0.29) is 24.8 Å². The van der Waals surface area contributed by atoms with Gasteiger partial charge in [-0.1, -0.05) is 0 Å². The fourth-order valence-electron chi connectivity index (χ4n) is 6.92. The van der Waals surface area contributed by atoms with E-state index in [1.807, 2.05) is 0 Å². The van der Waals surface area contributed by atoms with E-state index in [0.29, 0.717) is 19.1 Å². The van der Waals surface area contributed by atoms with Crippen molar-refractivity contribution >= 4 is 3.21 Å². The van der Waals surface area contributed by atoms with Crippen LogP contribution in [0.5, 0.6) is 0 Å². The SMILES string of the molecule is CC1=CC2=C(C=CC=CC2c2ccccc2)[CH]1[Zr+2](=[C](C)C)[CH]1C(C)=CC2=C1C=CC=CC2c1ccccc1.[Cl-].[Cl-]. The van der Waals surface area contributed by atoms with E-state index in [0.717, 1.165) is 0 Å². The fourth-order valence-corrected chi connectivity index (χ4v) is 16.3. The van der Waals surface area contributed by atoms with Crippen molar-refractivity contribution in [2.45, 2.75) is 46.8 Å². The molecule has 2 aromatic rings. The first kappa shape index (κ1) is 30.6. The molecule has 4 unspecified atom stereocenters. The van der Waals surface area contributed by atoms with Gasteiger partial charge in [-0.15, -0.1) is 0 Å². The third-order valence-corrected chi connectivity index (χ3v) is 18.2. The number of halogens is 2. The van der Waals surface area contributed by atoms with E-state index in [4.69, 9.17) is 0 Å². The molecule has 0 saturated heterocycles. The van der Waals surface area contributed by atoms with Crippen molar-refractivity contribution in [3.63, 3.8) is 0 Å². The average molecular weight is 643 g/mol. The molecule has 4 aliphatic rings. The van der Waals surface area contributed by atoms with Crippen LogP contribution in [0.25, 0.3) is 0 Å². The van der Waals surface area contributed by atoms with Crippen LogP contribution in [0.4, 0.5) is 0 Å². The van der Waals surface area contributed by atoms with Crippen molar-refractivity contribution in [2.24, 2.45) is 0 Å². The molecule has 6 rings (SSSR count). The van der Waals surface area contributed by atoms with Gasteiger partial charge in [0, 0.05) is 0 Å². The second kappa shape index (κ2) is 13.1. The van der Waals surface area contributed by atoms with Gasteiger partial charge in [0.05, 0.1) is 0 Å². The Kier molecular flexibility index (Phi) is 10.1. The summed E-state index contributed by atoms with van der Waals surface area (Å²) >= 11 is -2.28. The summed E-state index contributed by atoms with van der Waals surface area (Å²) in [4.78, 5) is 0. The van der Waals surface area contributed by atoms with Crippen molar-refractivity contribution in [1.82, 2.24) is 0 Å². The van der Waals surface area contributed by atoms with Gasteiger partial charge in [0.1, 0.15) is 0 Å². The van der Waals surface area contributed by atoms with Gasteiger partial charge < -0.3 is 24.8 Å². The number of rotatable bonds is 4. The Labute approximate surface area is 260 Å². The van der Waals surface area contributed by atoms with Crippen molar-refractivity contribution in [3.05, 3.63) is 166 Å². The average Bonchev–Trinajstić information content (AvgIpc) is 3.21. The first-order chi connectivity index (χ1) is 18.5. The van der Waals surface area contributed by atoms with Gasteiger partial charge in [0.15, 0.2) is 0 Å². The maximum Gasteiger partial charge on any atom is -1.00 e. The van der Waals surface area contributed by atoms with E-state index < -0.39 is 21.3 Å². The molecule has 2 aromatic carbocycles. The normalized spacial score (nSPS) is 24.1. The monoisotopic (exact) mass is 640 g/mol. The Hall–Kier alpha value is -2.31. The molecule has 0 fully saturated rings. The van der Waals surface area contributed by atoms with Crippen LogP contribution < -0.4 is 24.8 Å². The predicted octanol–water partition coefficient (Wildman–Crippen LogP) is 3.73. The number of benzene rings is 2. The Balaban J connectivity index is 0.00000185. The van der Waals surface area contributed by atoms with Gasteiger partial charge in [-0.2, -0.15) is 0 Å². The minimum atomic E-state index is -2.28. The van der Waals surface area contributed by atoms with Crippen LogP contribution in [0.15, 0.2) is 155 Å². The minimum absolute atomic E-state index is 0. The summed E-state index contributed by atoms with van der Waals surface area (Å²) in [6.07, 6.45) is 23.8. The zero-order valence-corrected chi connectivity index (χ0v) is 27.6. The third kappa shape index (κ3) is 5.59. The van der Waals surface area contributed by atoms with Gasteiger partial charge >= 0.3 is 237 Å². The summed E-state index contributed by atoms with van der Waals surface area (Å²) in [5.41, 5.74) is 12.1. The summed E-state index contributed by atoms with van der Waals surface area (Å²) in [5, 5.41) is 0. The Morgan fingerprint density at radius 3 is 1.32 bits per heavy atom. The summed E-state index contributed by atoms with van der Waals surface area (Å²) in [6, 6.07) is 22.1. The number of allylic oxidation sites excluding steroid dienone is 16. The quantitative estimate of drug-likeness (QED) is 0.477. The Bertz CT molecular complexity index is 1430. The topological polar surface area (TPSA) is 0 Å². The van der Waals surface area contributed by atoms with Gasteiger partial charge in [0.25, 0.3) is 0 Å². The molecule has 4 aliphatic carbocycles. The molecule has 0 aromatic heterocycles. The molecule has 4 atom stereocenters. The molecule has 0 amide bonds. The molecule has 0 nitrogen and oxygen atoms in total. The first-order valence-corrected chi connectivity index (χ1v) is 17.9. The van der Waals surface area contributed by atoms with Crippen LogP contribution in [0.1, 0.15) is 50.7 Å². The summed E-state index contributed by atoms with van der Waals surface area (Å²) in [6.45, 7) is 9.69. The van der Waals surface area contributed by atoms with Crippen molar-refractivity contribution in [2.75, 3.05) is 0 Å². The van der Waals surface area contributed by atoms with Crippen LogP contribution in [0.2, 0.25) is 7.25 Å². The summed E-state index contributed by atoms with van der Waals surface area (Å²) in [5.74, 6) is 0.643. The molecule has 0 heterocycles. The molecular formula is C37H36Cl2Zr. The van der Waals surface area contributed by atoms with Crippen LogP contribution >= 0.6 is 0 Å². The molecule has 202 valence electrons. The molecule has 0 aliphatic heterocycles. The van der Waals surface area contributed by atoms with Gasteiger partial charge in [-0.3, -0.25) is 0 Å². The summed E-state index contributed by atoms with van der Waals surface area (Å²) < 4.78 is 2.84. The van der Waals surface area contributed by atoms with Crippen LogP contribution in [0, 0.1) is 0 Å². The van der Waals surface area contributed by atoms with E-state index in [2.05, 4.69) is 149 Å². The number of hydrogen-bond acceptors (Lipinski definition) is 0. The molecular weight excluding hydrogens is 607 g/mol. The third-order valence-electron chi connectivity index (χ3n) is 8.53. The second-order valence-electron chi connectivity index (χ2n) is 11.2. The van der Waals surface area contributed by atoms with Gasteiger partial charge in [-0.25, -0.2) is 0 Å². The molecule has 0 bridgehead atoms. The van der Waals surface area contributed by atoms with E-state index in [1.165, 1.54) is 22.3 Å². The van der Waals surface area contributed by atoms with Gasteiger partial charge in [-0.05, 0) is 0 Å². The molecule has 0 radical (unpaired) electrons. The standard InChI is InChI=1S/2C17H15.C3H6.2ClH.Zr/c2*1-13-11-15-9-5-6-10-16(17(15)12-13)14-7-3-2-4-8-14;1-3-2;;;/h2*2-12,16H,1H3;1-2H3;2*1H;/q;;;;;+2/p-2. The van der Waals surface area contributed by atoms with Gasteiger partial charge in [0.2, 0.25) is 0 Å². The zero-order valence-electron chi connectivity index (χ0n) is 23.6.